The predicted octanol–water partition coefficient (Wildman–Crippen LogP) is 3.75. The van der Waals surface area contributed by atoms with E-state index in [0.717, 1.165) is 11.5 Å². The molecule has 150 valence electrons. The third kappa shape index (κ3) is 6.05. The largest absolute Gasteiger partial charge is 0.497 e. The van der Waals surface area contributed by atoms with Crippen molar-refractivity contribution < 1.29 is 23.9 Å². The molecule has 0 aliphatic carbocycles. The van der Waals surface area contributed by atoms with E-state index in [2.05, 4.69) is 5.32 Å². The molecule has 2 aromatic carbocycles. The van der Waals surface area contributed by atoms with Crippen molar-refractivity contribution in [1.29, 1.82) is 0 Å². The van der Waals surface area contributed by atoms with Crippen LogP contribution in [-0.4, -0.2) is 42.7 Å². The molecule has 0 aliphatic rings. The topological polar surface area (TPSA) is 99.9 Å². The summed E-state index contributed by atoms with van der Waals surface area (Å²) in [5.41, 5.74) is 0.146. The fourth-order valence-corrected chi connectivity index (χ4v) is 3.02. The number of rotatable bonds is 10. The number of carbonyl (C=O) groups excluding carboxylic acids is 1. The molecule has 8 nitrogen and oxygen atoms in total. The number of amides is 1. The lowest BCUT2D eigenvalue weighted by Crippen LogP contribution is -2.23. The van der Waals surface area contributed by atoms with Gasteiger partial charge in [-0.25, -0.2) is 0 Å². The zero-order valence-corrected chi connectivity index (χ0v) is 16.7. The summed E-state index contributed by atoms with van der Waals surface area (Å²) < 4.78 is 15.9. The summed E-state index contributed by atoms with van der Waals surface area (Å²) in [6, 6.07) is 11.3. The van der Waals surface area contributed by atoms with Gasteiger partial charge in [0, 0.05) is 17.9 Å². The fourth-order valence-electron chi connectivity index (χ4n) is 2.27. The molecular weight excluding hydrogens is 384 g/mol. The average molecular weight is 406 g/mol. The van der Waals surface area contributed by atoms with Crippen LogP contribution < -0.4 is 19.5 Å². The molecular formula is C19H22N2O6S. The highest BCUT2D eigenvalue weighted by molar-refractivity contribution is 8.00. The summed E-state index contributed by atoms with van der Waals surface area (Å²) in [4.78, 5) is 22.8. The van der Waals surface area contributed by atoms with E-state index < -0.39 is 4.92 Å². The third-order valence-electron chi connectivity index (χ3n) is 3.80. The number of methoxy groups -OCH3 is 2. The maximum absolute atomic E-state index is 12.4. The van der Waals surface area contributed by atoms with E-state index in [9.17, 15) is 14.9 Å². The first-order valence-corrected chi connectivity index (χ1v) is 9.51. The Balaban J connectivity index is 1.83. The van der Waals surface area contributed by atoms with Gasteiger partial charge in [-0.05, 0) is 37.3 Å². The van der Waals surface area contributed by atoms with Crippen LogP contribution in [0.25, 0.3) is 0 Å². The molecule has 28 heavy (non-hydrogen) atoms. The molecule has 0 saturated heterocycles. The quantitative estimate of drug-likeness (QED) is 0.364. The Kier molecular flexibility index (Phi) is 7.94. The van der Waals surface area contributed by atoms with Crippen molar-refractivity contribution in [2.24, 2.45) is 0 Å². The number of nitrogens with zero attached hydrogens (tertiary/aromatic N) is 1. The van der Waals surface area contributed by atoms with Crippen molar-refractivity contribution in [3.63, 3.8) is 0 Å². The van der Waals surface area contributed by atoms with Crippen LogP contribution in [0.3, 0.4) is 0 Å². The molecule has 1 N–H and O–H groups in total. The van der Waals surface area contributed by atoms with Crippen LogP contribution in [0.15, 0.2) is 42.5 Å². The van der Waals surface area contributed by atoms with Crippen molar-refractivity contribution >= 4 is 29.0 Å². The summed E-state index contributed by atoms with van der Waals surface area (Å²) in [5, 5.41) is 13.2. The highest BCUT2D eigenvalue weighted by Crippen LogP contribution is 2.29. The summed E-state index contributed by atoms with van der Waals surface area (Å²) >= 11 is 1.42. The van der Waals surface area contributed by atoms with Crippen molar-refractivity contribution in [3.8, 4) is 17.2 Å². The van der Waals surface area contributed by atoms with E-state index in [1.165, 1.54) is 37.1 Å². The molecule has 0 heterocycles. The second-order valence-corrected chi connectivity index (χ2v) is 7.12. The van der Waals surface area contributed by atoms with Gasteiger partial charge in [0.1, 0.15) is 17.2 Å². The number of thioether (sulfide) groups is 1. The number of nitrogens with one attached hydrogen (secondary N) is 1. The smallest absolute Gasteiger partial charge is 0.271 e. The lowest BCUT2D eigenvalue weighted by molar-refractivity contribution is -0.384. The first-order valence-electron chi connectivity index (χ1n) is 8.46. The lowest BCUT2D eigenvalue weighted by atomic mass is 10.2. The van der Waals surface area contributed by atoms with Gasteiger partial charge in [-0.1, -0.05) is 0 Å². The fraction of sp³-hybridized carbons (Fsp3) is 0.316. The summed E-state index contributed by atoms with van der Waals surface area (Å²) in [7, 11) is 3.04. The van der Waals surface area contributed by atoms with Crippen LogP contribution in [0.4, 0.5) is 11.4 Å². The Hall–Kier alpha value is -2.94. The minimum Gasteiger partial charge on any atom is -0.497 e. The monoisotopic (exact) mass is 406 g/mol. The van der Waals surface area contributed by atoms with E-state index in [1.54, 1.807) is 14.0 Å². The Bertz CT molecular complexity index is 813. The predicted molar refractivity (Wildman–Crippen MR) is 109 cm³/mol. The van der Waals surface area contributed by atoms with Crippen LogP contribution in [-0.2, 0) is 4.79 Å². The Labute approximate surface area is 167 Å². The molecule has 9 heteroatoms. The van der Waals surface area contributed by atoms with E-state index in [4.69, 9.17) is 14.2 Å². The number of hydrogen-bond acceptors (Lipinski definition) is 7. The molecule has 0 bridgehead atoms. The second kappa shape index (κ2) is 10.4. The van der Waals surface area contributed by atoms with Gasteiger partial charge in [0.15, 0.2) is 0 Å². The molecule has 0 fully saturated rings. The molecule has 1 unspecified atom stereocenters. The minimum absolute atomic E-state index is 0.121. The highest BCUT2D eigenvalue weighted by Gasteiger charge is 2.18. The zero-order chi connectivity index (χ0) is 20.5. The molecule has 2 rings (SSSR count). The number of ether oxygens (including phenoxy) is 3. The lowest BCUT2D eigenvalue weighted by Gasteiger charge is -2.14. The van der Waals surface area contributed by atoms with Crippen LogP contribution in [0.5, 0.6) is 17.2 Å². The molecule has 1 amide bonds. The van der Waals surface area contributed by atoms with Crippen LogP contribution >= 0.6 is 11.8 Å². The molecule has 0 aliphatic heterocycles. The molecule has 0 aromatic heterocycles. The number of nitro benzene ring substituents is 1. The van der Waals surface area contributed by atoms with Crippen molar-refractivity contribution in [2.45, 2.75) is 12.2 Å². The minimum atomic E-state index is -0.524. The number of carbonyl (C=O) groups is 1. The number of hydrogen-bond donors (Lipinski definition) is 1. The van der Waals surface area contributed by atoms with Gasteiger partial charge in [-0.15, -0.1) is 11.8 Å². The summed E-state index contributed by atoms with van der Waals surface area (Å²) in [5.74, 6) is 2.17. The van der Waals surface area contributed by atoms with E-state index in [1.807, 2.05) is 24.3 Å². The van der Waals surface area contributed by atoms with Crippen LogP contribution in [0.1, 0.15) is 6.92 Å². The maximum Gasteiger partial charge on any atom is 0.271 e. The van der Waals surface area contributed by atoms with Crippen molar-refractivity contribution in [1.82, 2.24) is 0 Å². The molecule has 0 spiro atoms. The first-order chi connectivity index (χ1) is 13.4. The van der Waals surface area contributed by atoms with Crippen LogP contribution in [0.2, 0.25) is 0 Å². The van der Waals surface area contributed by atoms with Gasteiger partial charge in [-0.2, -0.15) is 0 Å². The molecule has 2 aromatic rings. The number of anilines is 1. The Morgan fingerprint density at radius 1 is 1.14 bits per heavy atom. The van der Waals surface area contributed by atoms with Gasteiger partial charge in [0.25, 0.3) is 5.69 Å². The normalized spacial score (nSPS) is 11.4. The summed E-state index contributed by atoms with van der Waals surface area (Å²) in [6.07, 6.45) is 0. The first kappa shape index (κ1) is 21.4. The van der Waals surface area contributed by atoms with Crippen molar-refractivity contribution in [2.75, 3.05) is 31.9 Å². The average Bonchev–Trinajstić information content (AvgIpc) is 2.71. The maximum atomic E-state index is 12.4. The van der Waals surface area contributed by atoms with Crippen LogP contribution in [0, 0.1) is 10.1 Å². The SMILES string of the molecule is COc1ccc(OCCSC(C)C(=O)Nc2cc([N+](=O)[O-])ccc2OC)cc1. The second-order valence-electron chi connectivity index (χ2n) is 5.67. The van der Waals surface area contributed by atoms with Gasteiger partial charge < -0.3 is 19.5 Å². The third-order valence-corrected chi connectivity index (χ3v) is 4.92. The Morgan fingerprint density at radius 2 is 1.82 bits per heavy atom. The van der Waals surface area contributed by atoms with Gasteiger partial charge in [-0.3, -0.25) is 14.9 Å². The van der Waals surface area contributed by atoms with E-state index in [0.29, 0.717) is 18.1 Å². The zero-order valence-electron chi connectivity index (χ0n) is 15.8. The number of non-ortho nitro benzene ring substituents is 1. The standard InChI is InChI=1S/C19H22N2O6S/c1-13(28-11-10-27-16-7-5-15(25-2)6-8-16)19(22)20-17-12-14(21(23)24)4-9-18(17)26-3/h4-9,12-13H,10-11H2,1-3H3,(H,20,22). The van der Waals surface area contributed by atoms with Crippen molar-refractivity contribution in [3.05, 3.63) is 52.6 Å². The molecule has 0 saturated carbocycles. The molecule has 1 atom stereocenters. The van der Waals surface area contributed by atoms with Gasteiger partial charge in [0.05, 0.1) is 36.7 Å². The highest BCUT2D eigenvalue weighted by atomic mass is 32.2. The Morgan fingerprint density at radius 3 is 2.43 bits per heavy atom. The van der Waals surface area contributed by atoms with Gasteiger partial charge in [0.2, 0.25) is 5.91 Å². The van der Waals surface area contributed by atoms with E-state index in [-0.39, 0.29) is 22.5 Å². The molecule has 0 radical (unpaired) electrons. The number of nitro groups is 1. The number of benzene rings is 2. The van der Waals surface area contributed by atoms with E-state index >= 15 is 0 Å². The summed E-state index contributed by atoms with van der Waals surface area (Å²) in [6.45, 7) is 2.20. The van der Waals surface area contributed by atoms with Gasteiger partial charge >= 0.3 is 0 Å².